The third-order valence-electron chi connectivity index (χ3n) is 4.59. The number of nitrogens with one attached hydrogen (secondary N) is 1. The summed E-state index contributed by atoms with van der Waals surface area (Å²) in [6.07, 6.45) is 3.71. The van der Waals surface area contributed by atoms with Gasteiger partial charge in [0.15, 0.2) is 0 Å². The van der Waals surface area contributed by atoms with E-state index in [1.54, 1.807) is 7.11 Å². The lowest BCUT2D eigenvalue weighted by molar-refractivity contribution is -0.148. The number of nitrogens with zero attached hydrogens (tertiary/aromatic N) is 1. The maximum Gasteiger partial charge on any atom is 0.326 e. The minimum absolute atomic E-state index is 0.117. The van der Waals surface area contributed by atoms with Gasteiger partial charge < -0.3 is 14.8 Å². The summed E-state index contributed by atoms with van der Waals surface area (Å²) in [4.78, 5) is 14.7. The van der Waals surface area contributed by atoms with Gasteiger partial charge in [-0.05, 0) is 45.7 Å². The minimum Gasteiger partial charge on any atom is -0.468 e. The van der Waals surface area contributed by atoms with Crippen LogP contribution in [0.3, 0.4) is 0 Å². The number of carbonyl (C=O) groups excluding carboxylic acids is 1. The second kappa shape index (κ2) is 8.71. The number of carbonyl (C=O) groups is 1. The molecule has 0 aromatic carbocycles. The summed E-state index contributed by atoms with van der Waals surface area (Å²) in [5, 5.41) is 3.44. The molecule has 0 aromatic heterocycles. The molecule has 3 atom stereocenters. The first kappa shape index (κ1) is 18.4. The van der Waals surface area contributed by atoms with Crippen LogP contribution in [0.5, 0.6) is 0 Å². The lowest BCUT2D eigenvalue weighted by Crippen LogP contribution is -2.53. The molecule has 1 fully saturated rings. The van der Waals surface area contributed by atoms with Crippen LogP contribution in [-0.2, 0) is 14.3 Å². The largest absolute Gasteiger partial charge is 0.468 e. The molecule has 5 nitrogen and oxygen atoms in total. The molecule has 1 rings (SSSR count). The van der Waals surface area contributed by atoms with Gasteiger partial charge in [0.25, 0.3) is 0 Å². The number of methoxy groups -OCH3 is 2. The summed E-state index contributed by atoms with van der Waals surface area (Å²) in [5.74, 6) is -0.117. The number of hydrogen-bond donors (Lipinski definition) is 1. The quantitative estimate of drug-likeness (QED) is 0.658. The van der Waals surface area contributed by atoms with Gasteiger partial charge in [0.1, 0.15) is 5.54 Å². The zero-order chi connectivity index (χ0) is 15.9. The minimum atomic E-state index is -0.504. The molecule has 0 aliphatic heterocycles. The summed E-state index contributed by atoms with van der Waals surface area (Å²) in [5.41, 5.74) is -0.504. The summed E-state index contributed by atoms with van der Waals surface area (Å²) >= 11 is 0. The highest BCUT2D eigenvalue weighted by Gasteiger charge is 2.47. The van der Waals surface area contributed by atoms with Crippen molar-refractivity contribution in [3.63, 3.8) is 0 Å². The number of esters is 1. The zero-order valence-corrected chi connectivity index (χ0v) is 14.3. The van der Waals surface area contributed by atoms with Crippen molar-refractivity contribution in [2.75, 3.05) is 33.9 Å². The van der Waals surface area contributed by atoms with Gasteiger partial charge in [0.05, 0.1) is 13.7 Å². The molecule has 1 aliphatic carbocycles. The maximum absolute atomic E-state index is 12.3. The highest BCUT2D eigenvalue weighted by Crippen LogP contribution is 2.35. The Balaban J connectivity index is 2.78. The monoisotopic (exact) mass is 300 g/mol. The number of ether oxygens (including phenoxy) is 2. The van der Waals surface area contributed by atoms with Crippen LogP contribution in [0.15, 0.2) is 0 Å². The van der Waals surface area contributed by atoms with Crippen LogP contribution in [0, 0.1) is 0 Å². The fourth-order valence-corrected chi connectivity index (χ4v) is 3.55. The summed E-state index contributed by atoms with van der Waals surface area (Å²) in [6, 6.07) is 0.772. The van der Waals surface area contributed by atoms with E-state index in [1.165, 1.54) is 7.11 Å². The van der Waals surface area contributed by atoms with Gasteiger partial charge in [-0.2, -0.15) is 0 Å². The van der Waals surface area contributed by atoms with Crippen molar-refractivity contribution < 1.29 is 14.3 Å². The molecule has 0 bridgehead atoms. The van der Waals surface area contributed by atoms with Crippen LogP contribution in [0.2, 0.25) is 0 Å². The van der Waals surface area contributed by atoms with E-state index in [0.717, 1.165) is 45.4 Å². The van der Waals surface area contributed by atoms with Crippen molar-refractivity contribution in [1.82, 2.24) is 10.2 Å². The zero-order valence-electron chi connectivity index (χ0n) is 14.3. The predicted molar refractivity (Wildman–Crippen MR) is 84.4 cm³/mol. The van der Waals surface area contributed by atoms with Crippen molar-refractivity contribution in [1.29, 1.82) is 0 Å². The lowest BCUT2D eigenvalue weighted by Gasteiger charge is -2.35. The summed E-state index contributed by atoms with van der Waals surface area (Å²) in [7, 11) is 3.22. The van der Waals surface area contributed by atoms with E-state index in [0.29, 0.717) is 12.1 Å². The van der Waals surface area contributed by atoms with Crippen LogP contribution < -0.4 is 5.32 Å². The highest BCUT2D eigenvalue weighted by atomic mass is 16.5. The molecule has 1 saturated carbocycles. The Morgan fingerprint density at radius 3 is 2.67 bits per heavy atom. The first-order valence-electron chi connectivity index (χ1n) is 8.12. The molecule has 21 heavy (non-hydrogen) atoms. The van der Waals surface area contributed by atoms with Gasteiger partial charge in [-0.25, -0.2) is 0 Å². The molecule has 124 valence electrons. The molecule has 0 radical (unpaired) electrons. The fraction of sp³-hybridized carbons (Fsp3) is 0.938. The molecular weight excluding hydrogens is 268 g/mol. The van der Waals surface area contributed by atoms with Crippen molar-refractivity contribution >= 4 is 5.97 Å². The molecular formula is C16H32N2O3. The van der Waals surface area contributed by atoms with Gasteiger partial charge in [-0.3, -0.25) is 9.69 Å². The average molecular weight is 300 g/mol. The second-order valence-corrected chi connectivity index (χ2v) is 6.03. The lowest BCUT2D eigenvalue weighted by atomic mass is 9.96. The van der Waals surface area contributed by atoms with Crippen LogP contribution in [0.4, 0.5) is 0 Å². The molecule has 0 spiro atoms. The second-order valence-electron chi connectivity index (χ2n) is 6.03. The molecule has 5 heteroatoms. The summed E-state index contributed by atoms with van der Waals surface area (Å²) in [6.45, 7) is 9.01. The van der Waals surface area contributed by atoms with Crippen LogP contribution in [-0.4, -0.2) is 62.4 Å². The first-order chi connectivity index (χ1) is 10.0. The number of rotatable bonds is 9. The third-order valence-corrected chi connectivity index (χ3v) is 4.59. The molecule has 0 amide bonds. The third kappa shape index (κ3) is 4.41. The van der Waals surface area contributed by atoms with E-state index in [4.69, 9.17) is 9.47 Å². The van der Waals surface area contributed by atoms with E-state index in [2.05, 4.69) is 31.0 Å². The van der Waals surface area contributed by atoms with Gasteiger partial charge >= 0.3 is 5.97 Å². The Morgan fingerprint density at radius 1 is 1.43 bits per heavy atom. The number of hydrogen-bond acceptors (Lipinski definition) is 5. The molecule has 1 aliphatic rings. The van der Waals surface area contributed by atoms with Crippen LogP contribution >= 0.6 is 0 Å². The molecule has 0 heterocycles. The molecule has 0 saturated heterocycles. The Morgan fingerprint density at radius 2 is 2.14 bits per heavy atom. The Bertz CT molecular complexity index is 325. The van der Waals surface area contributed by atoms with Crippen molar-refractivity contribution in [2.45, 2.75) is 64.1 Å². The maximum atomic E-state index is 12.3. The SMILES string of the molecule is CCCNC1(C(=O)OC)CCC(N(CC)C(C)COC)C1. The van der Waals surface area contributed by atoms with E-state index < -0.39 is 5.54 Å². The highest BCUT2D eigenvalue weighted by molar-refractivity contribution is 5.81. The van der Waals surface area contributed by atoms with Crippen LogP contribution in [0.1, 0.15) is 46.5 Å². The van der Waals surface area contributed by atoms with Crippen molar-refractivity contribution in [2.24, 2.45) is 0 Å². The van der Waals surface area contributed by atoms with E-state index in [1.807, 2.05) is 0 Å². The summed E-state index contributed by atoms with van der Waals surface area (Å²) < 4.78 is 10.3. The average Bonchev–Trinajstić information content (AvgIpc) is 2.91. The topological polar surface area (TPSA) is 50.8 Å². The Hall–Kier alpha value is -0.650. The normalized spacial score (nSPS) is 27.0. The van der Waals surface area contributed by atoms with E-state index in [9.17, 15) is 4.79 Å². The van der Waals surface area contributed by atoms with E-state index in [-0.39, 0.29) is 5.97 Å². The standard InChI is InChI=1S/C16H32N2O3/c1-6-10-17-16(15(19)21-5)9-8-14(11-16)18(7-2)13(3)12-20-4/h13-14,17H,6-12H2,1-5H3. The van der Waals surface area contributed by atoms with Gasteiger partial charge in [-0.1, -0.05) is 13.8 Å². The predicted octanol–water partition coefficient (Wildman–Crippen LogP) is 1.81. The first-order valence-corrected chi connectivity index (χ1v) is 8.12. The molecule has 3 unspecified atom stereocenters. The molecule has 0 aromatic rings. The van der Waals surface area contributed by atoms with Gasteiger partial charge in [-0.15, -0.1) is 0 Å². The van der Waals surface area contributed by atoms with Gasteiger partial charge in [0.2, 0.25) is 0 Å². The molecule has 1 N–H and O–H groups in total. The Labute approximate surface area is 129 Å². The smallest absolute Gasteiger partial charge is 0.326 e. The fourth-order valence-electron chi connectivity index (χ4n) is 3.55. The van der Waals surface area contributed by atoms with Gasteiger partial charge in [0, 0.05) is 19.2 Å². The number of likely N-dealkylation sites (N-methyl/N-ethyl adjacent to an activating group) is 1. The van der Waals surface area contributed by atoms with Crippen molar-refractivity contribution in [3.05, 3.63) is 0 Å². The Kier molecular flexibility index (Phi) is 7.63. The van der Waals surface area contributed by atoms with Crippen molar-refractivity contribution in [3.8, 4) is 0 Å². The van der Waals surface area contributed by atoms with E-state index >= 15 is 0 Å². The van der Waals surface area contributed by atoms with Crippen LogP contribution in [0.25, 0.3) is 0 Å².